The van der Waals surface area contributed by atoms with Crippen LogP contribution >= 0.6 is 0 Å². The van der Waals surface area contributed by atoms with E-state index >= 15 is 0 Å². The molecule has 0 N–H and O–H groups in total. The van der Waals surface area contributed by atoms with Crippen LogP contribution in [0, 0.1) is 6.92 Å². The van der Waals surface area contributed by atoms with Crippen LogP contribution in [0.15, 0.2) is 47.4 Å². The minimum Gasteiger partial charge on any atom is -0.379 e. The maximum Gasteiger partial charge on any atom is 0.264 e. The van der Waals surface area contributed by atoms with E-state index in [2.05, 4.69) is 4.90 Å². The normalized spacial score (nSPS) is 19.6. The van der Waals surface area contributed by atoms with Crippen molar-refractivity contribution < 1.29 is 9.53 Å². The van der Waals surface area contributed by atoms with Gasteiger partial charge in [0.2, 0.25) is 0 Å². The highest BCUT2D eigenvalue weighted by Gasteiger charge is 2.30. The topological polar surface area (TPSA) is 54.8 Å². The van der Waals surface area contributed by atoms with Gasteiger partial charge in [-0.25, -0.2) is 0 Å². The molecule has 0 radical (unpaired) electrons. The van der Waals surface area contributed by atoms with Gasteiger partial charge >= 0.3 is 0 Å². The number of likely N-dealkylation sites (tertiary alicyclic amines) is 1. The van der Waals surface area contributed by atoms with Crippen molar-refractivity contribution in [1.82, 2.24) is 14.4 Å². The summed E-state index contributed by atoms with van der Waals surface area (Å²) in [7, 11) is 0. The quantitative estimate of drug-likeness (QED) is 0.779. The lowest BCUT2D eigenvalue weighted by atomic mass is 10.0. The van der Waals surface area contributed by atoms with E-state index in [4.69, 9.17) is 4.74 Å². The number of piperidine rings is 1. The zero-order chi connectivity index (χ0) is 21.1. The average Bonchev–Trinajstić information content (AvgIpc) is 2.80. The number of benzene rings is 1. The summed E-state index contributed by atoms with van der Waals surface area (Å²) >= 11 is 0. The van der Waals surface area contributed by atoms with Crippen LogP contribution in [0.5, 0.6) is 0 Å². The average molecular weight is 410 g/mol. The maximum atomic E-state index is 13.3. The number of carbonyl (C=O) groups is 1. The van der Waals surface area contributed by atoms with Crippen molar-refractivity contribution in [3.8, 4) is 0 Å². The van der Waals surface area contributed by atoms with Crippen LogP contribution in [0.25, 0.3) is 0 Å². The Morgan fingerprint density at radius 1 is 1.03 bits per heavy atom. The third kappa shape index (κ3) is 4.20. The Morgan fingerprint density at radius 3 is 2.37 bits per heavy atom. The predicted octanol–water partition coefficient (Wildman–Crippen LogP) is 2.70. The molecule has 160 valence electrons. The Balaban J connectivity index is 1.51. The van der Waals surface area contributed by atoms with Gasteiger partial charge in [0.05, 0.1) is 19.3 Å². The molecule has 1 unspecified atom stereocenters. The third-order valence-corrected chi connectivity index (χ3v) is 6.55. The number of aryl methyl sites for hydroxylation is 1. The lowest BCUT2D eigenvalue weighted by molar-refractivity contribution is 0.00155. The molecule has 0 spiro atoms. The first-order chi connectivity index (χ1) is 14.6. The van der Waals surface area contributed by atoms with E-state index in [0.29, 0.717) is 24.7 Å². The summed E-state index contributed by atoms with van der Waals surface area (Å²) in [5, 5.41) is 0. The summed E-state index contributed by atoms with van der Waals surface area (Å²) in [4.78, 5) is 30.9. The van der Waals surface area contributed by atoms with Gasteiger partial charge in [0, 0.05) is 38.4 Å². The highest BCUT2D eigenvalue weighted by molar-refractivity contribution is 5.95. The molecule has 0 bridgehead atoms. The zero-order valence-electron chi connectivity index (χ0n) is 17.9. The fourth-order valence-electron chi connectivity index (χ4n) is 4.63. The molecular formula is C24H31N3O3. The minimum atomic E-state index is -0.202. The van der Waals surface area contributed by atoms with Gasteiger partial charge in [0.1, 0.15) is 5.56 Å². The largest absolute Gasteiger partial charge is 0.379 e. The summed E-state index contributed by atoms with van der Waals surface area (Å²) < 4.78 is 7.13. The second-order valence-electron chi connectivity index (χ2n) is 8.34. The van der Waals surface area contributed by atoms with Crippen LogP contribution in [0.4, 0.5) is 0 Å². The van der Waals surface area contributed by atoms with Crippen LogP contribution in [-0.2, 0) is 4.74 Å². The lowest BCUT2D eigenvalue weighted by Gasteiger charge is -2.40. The molecule has 2 saturated heterocycles. The number of hydrogen-bond donors (Lipinski definition) is 0. The van der Waals surface area contributed by atoms with Crippen LogP contribution in [-0.4, -0.2) is 65.7 Å². The molecule has 3 heterocycles. The second kappa shape index (κ2) is 9.14. The molecule has 1 amide bonds. The van der Waals surface area contributed by atoms with Crippen molar-refractivity contribution in [2.75, 3.05) is 39.4 Å². The van der Waals surface area contributed by atoms with Gasteiger partial charge < -0.3 is 14.2 Å². The van der Waals surface area contributed by atoms with E-state index in [1.165, 1.54) is 0 Å². The molecule has 2 aliphatic heterocycles. The number of amides is 1. The molecule has 1 atom stereocenters. The summed E-state index contributed by atoms with van der Waals surface area (Å²) in [6.45, 7) is 8.77. The fraction of sp³-hybridized carbons (Fsp3) is 0.500. The molecule has 1 aromatic carbocycles. The van der Waals surface area contributed by atoms with Crippen LogP contribution in [0.1, 0.15) is 47.3 Å². The first kappa shape index (κ1) is 20.8. The number of carbonyl (C=O) groups excluding carboxylic acids is 1. The Kier molecular flexibility index (Phi) is 6.35. The van der Waals surface area contributed by atoms with Gasteiger partial charge in [0.25, 0.3) is 11.5 Å². The molecular weight excluding hydrogens is 378 g/mol. The SMILES string of the molecule is Cc1ccn(C(C)c2ccccc2)c(=O)c1C(=O)N1CCC(N2CCOCC2)CC1. The van der Waals surface area contributed by atoms with Crippen molar-refractivity contribution in [3.05, 3.63) is 69.6 Å². The molecule has 30 heavy (non-hydrogen) atoms. The van der Waals surface area contributed by atoms with Crippen molar-refractivity contribution in [2.24, 2.45) is 0 Å². The van der Waals surface area contributed by atoms with Gasteiger partial charge in [-0.1, -0.05) is 30.3 Å². The van der Waals surface area contributed by atoms with E-state index in [1.54, 1.807) is 10.8 Å². The van der Waals surface area contributed by atoms with E-state index in [-0.39, 0.29) is 17.5 Å². The fourth-order valence-corrected chi connectivity index (χ4v) is 4.63. The van der Waals surface area contributed by atoms with Crippen molar-refractivity contribution in [2.45, 2.75) is 38.8 Å². The molecule has 0 aliphatic carbocycles. The van der Waals surface area contributed by atoms with Crippen LogP contribution in [0.2, 0.25) is 0 Å². The zero-order valence-corrected chi connectivity index (χ0v) is 17.9. The smallest absolute Gasteiger partial charge is 0.264 e. The number of morpholine rings is 1. The molecule has 6 nitrogen and oxygen atoms in total. The Hall–Kier alpha value is -2.44. The van der Waals surface area contributed by atoms with Crippen LogP contribution in [0.3, 0.4) is 0 Å². The number of aromatic nitrogens is 1. The number of nitrogens with zero attached hydrogens (tertiary/aromatic N) is 3. The summed E-state index contributed by atoms with van der Waals surface area (Å²) in [5.41, 5.74) is 1.90. The van der Waals surface area contributed by atoms with E-state index in [0.717, 1.165) is 50.3 Å². The number of ether oxygens (including phenoxy) is 1. The molecule has 2 fully saturated rings. The first-order valence-corrected chi connectivity index (χ1v) is 10.9. The van der Waals surface area contributed by atoms with E-state index in [1.807, 2.05) is 55.1 Å². The van der Waals surface area contributed by atoms with Gasteiger partial charge in [0.15, 0.2) is 0 Å². The van der Waals surface area contributed by atoms with Gasteiger partial charge in [-0.3, -0.25) is 14.5 Å². The number of pyridine rings is 1. The second-order valence-corrected chi connectivity index (χ2v) is 8.34. The van der Waals surface area contributed by atoms with Gasteiger partial charge in [-0.05, 0) is 43.9 Å². The summed E-state index contributed by atoms with van der Waals surface area (Å²) in [5.74, 6) is -0.132. The van der Waals surface area contributed by atoms with E-state index < -0.39 is 0 Å². The molecule has 2 aliphatic rings. The molecule has 2 aromatic rings. The van der Waals surface area contributed by atoms with Gasteiger partial charge in [-0.2, -0.15) is 0 Å². The van der Waals surface area contributed by atoms with Crippen molar-refractivity contribution in [3.63, 3.8) is 0 Å². The van der Waals surface area contributed by atoms with Crippen molar-refractivity contribution >= 4 is 5.91 Å². The van der Waals surface area contributed by atoms with Crippen LogP contribution < -0.4 is 5.56 Å². The van der Waals surface area contributed by atoms with Gasteiger partial charge in [-0.15, -0.1) is 0 Å². The maximum absolute atomic E-state index is 13.3. The lowest BCUT2D eigenvalue weighted by Crippen LogP contribution is -2.50. The Morgan fingerprint density at radius 2 is 1.70 bits per heavy atom. The highest BCUT2D eigenvalue weighted by atomic mass is 16.5. The molecule has 1 aromatic heterocycles. The Bertz CT molecular complexity index is 926. The first-order valence-electron chi connectivity index (χ1n) is 10.9. The molecule has 6 heteroatoms. The number of rotatable bonds is 4. The number of hydrogen-bond acceptors (Lipinski definition) is 4. The minimum absolute atomic E-state index is 0.127. The predicted molar refractivity (Wildman–Crippen MR) is 117 cm³/mol. The third-order valence-electron chi connectivity index (χ3n) is 6.55. The summed E-state index contributed by atoms with van der Waals surface area (Å²) in [6, 6.07) is 12.2. The standard InChI is InChI=1S/C24H31N3O3/c1-18-8-13-27(19(2)20-6-4-3-5-7-20)24(29)22(18)23(28)26-11-9-21(10-12-26)25-14-16-30-17-15-25/h3-8,13,19,21H,9-12,14-17H2,1-2H3. The van der Waals surface area contributed by atoms with Crippen molar-refractivity contribution in [1.29, 1.82) is 0 Å². The monoisotopic (exact) mass is 409 g/mol. The van der Waals surface area contributed by atoms with E-state index in [9.17, 15) is 9.59 Å². The summed E-state index contributed by atoms with van der Waals surface area (Å²) in [6.07, 6.45) is 3.70. The Labute approximate surface area is 178 Å². The molecule has 0 saturated carbocycles. The highest BCUT2D eigenvalue weighted by Crippen LogP contribution is 2.21. The molecule has 4 rings (SSSR count).